The number of esters is 1. The first-order chi connectivity index (χ1) is 25.7. The van der Waals surface area contributed by atoms with Gasteiger partial charge in [-0.2, -0.15) is 0 Å². The number of ether oxygens (including phenoxy) is 2. The first-order valence-corrected chi connectivity index (χ1v) is 23.1. The fraction of sp³-hybridized carbons (Fsp3) is 0.854. The first kappa shape index (κ1) is 50.6. The lowest BCUT2D eigenvalue weighted by Gasteiger charge is -2.15. The Labute approximate surface area is 325 Å². The van der Waals surface area contributed by atoms with Crippen LogP contribution in [0.15, 0.2) is 36.5 Å². The van der Waals surface area contributed by atoms with Gasteiger partial charge in [0.2, 0.25) is 0 Å². The summed E-state index contributed by atoms with van der Waals surface area (Å²) >= 11 is 0. The fourth-order valence-corrected chi connectivity index (χ4v) is 6.82. The van der Waals surface area contributed by atoms with Crippen LogP contribution in [0.5, 0.6) is 0 Å². The SMILES string of the molecule is CC/C=C\C/C=C\C/C=C\CCCCCCCCOCC(CO)OC(=O)CCCCCCCCCCCCCCCCCCCCCCCCCC. The zero-order chi connectivity index (χ0) is 37.7. The summed E-state index contributed by atoms with van der Waals surface area (Å²) < 4.78 is 11.2. The fourth-order valence-electron chi connectivity index (χ4n) is 6.82. The zero-order valence-corrected chi connectivity index (χ0v) is 35.1. The molecular formula is C48H90O4. The number of hydrogen-bond donors (Lipinski definition) is 1. The second kappa shape index (κ2) is 45.8. The molecule has 0 saturated heterocycles. The van der Waals surface area contributed by atoms with Gasteiger partial charge in [-0.25, -0.2) is 0 Å². The first-order valence-electron chi connectivity index (χ1n) is 23.1. The Morgan fingerprint density at radius 1 is 0.481 bits per heavy atom. The molecule has 0 aliphatic heterocycles. The maximum Gasteiger partial charge on any atom is 0.306 e. The minimum absolute atomic E-state index is 0.174. The molecule has 0 fully saturated rings. The van der Waals surface area contributed by atoms with Crippen molar-refractivity contribution in [1.82, 2.24) is 0 Å². The van der Waals surface area contributed by atoms with Crippen molar-refractivity contribution in [3.05, 3.63) is 36.5 Å². The molecule has 0 aliphatic rings. The van der Waals surface area contributed by atoms with Crippen LogP contribution < -0.4 is 0 Å². The molecule has 52 heavy (non-hydrogen) atoms. The molecule has 0 amide bonds. The van der Waals surface area contributed by atoms with Gasteiger partial charge in [-0.15, -0.1) is 0 Å². The molecule has 0 heterocycles. The van der Waals surface area contributed by atoms with Gasteiger partial charge in [0.05, 0.1) is 13.2 Å². The average molecular weight is 731 g/mol. The van der Waals surface area contributed by atoms with Crippen molar-refractivity contribution in [2.45, 2.75) is 245 Å². The summed E-state index contributed by atoms with van der Waals surface area (Å²) in [5.41, 5.74) is 0. The van der Waals surface area contributed by atoms with Crippen molar-refractivity contribution in [3.63, 3.8) is 0 Å². The van der Waals surface area contributed by atoms with E-state index in [1.165, 1.54) is 173 Å². The number of carbonyl (C=O) groups is 1. The molecule has 0 saturated carbocycles. The lowest BCUT2D eigenvalue weighted by atomic mass is 10.0. The van der Waals surface area contributed by atoms with E-state index in [9.17, 15) is 9.90 Å². The summed E-state index contributed by atoms with van der Waals surface area (Å²) in [6.45, 7) is 5.24. The van der Waals surface area contributed by atoms with Crippen LogP contribution in [0.4, 0.5) is 0 Å². The van der Waals surface area contributed by atoms with Crippen LogP contribution in [0.1, 0.15) is 239 Å². The van der Waals surface area contributed by atoms with E-state index in [-0.39, 0.29) is 12.6 Å². The highest BCUT2D eigenvalue weighted by Gasteiger charge is 2.13. The van der Waals surface area contributed by atoms with Gasteiger partial charge in [0, 0.05) is 13.0 Å². The molecule has 1 atom stereocenters. The summed E-state index contributed by atoms with van der Waals surface area (Å²) in [5.74, 6) is -0.201. The number of aliphatic hydroxyl groups is 1. The Morgan fingerprint density at radius 3 is 1.31 bits per heavy atom. The molecule has 4 nitrogen and oxygen atoms in total. The van der Waals surface area contributed by atoms with Crippen LogP contribution >= 0.6 is 0 Å². The molecule has 0 aromatic heterocycles. The molecule has 0 bridgehead atoms. The molecule has 0 aromatic carbocycles. The lowest BCUT2D eigenvalue weighted by Crippen LogP contribution is -2.27. The van der Waals surface area contributed by atoms with E-state index in [4.69, 9.17) is 9.47 Å². The maximum atomic E-state index is 12.2. The van der Waals surface area contributed by atoms with Crippen LogP contribution in [0, 0.1) is 0 Å². The van der Waals surface area contributed by atoms with Crippen LogP contribution in [0.25, 0.3) is 0 Å². The van der Waals surface area contributed by atoms with Gasteiger partial charge in [0.1, 0.15) is 6.10 Å². The molecule has 4 heteroatoms. The topological polar surface area (TPSA) is 55.8 Å². The molecule has 306 valence electrons. The summed E-state index contributed by atoms with van der Waals surface area (Å²) in [6.07, 6.45) is 57.9. The third-order valence-electron chi connectivity index (χ3n) is 10.2. The van der Waals surface area contributed by atoms with Gasteiger partial charge in [0.15, 0.2) is 0 Å². The Balaban J connectivity index is 3.38. The largest absolute Gasteiger partial charge is 0.457 e. The highest BCUT2D eigenvalue weighted by atomic mass is 16.6. The quantitative estimate of drug-likeness (QED) is 0.0385. The second-order valence-electron chi connectivity index (χ2n) is 15.5. The molecule has 1 N–H and O–H groups in total. The van der Waals surface area contributed by atoms with Crippen molar-refractivity contribution >= 4 is 5.97 Å². The van der Waals surface area contributed by atoms with E-state index in [1.807, 2.05) is 0 Å². The maximum absolute atomic E-state index is 12.2. The minimum atomic E-state index is -0.539. The van der Waals surface area contributed by atoms with Crippen molar-refractivity contribution in [1.29, 1.82) is 0 Å². The molecule has 1 unspecified atom stereocenters. The van der Waals surface area contributed by atoms with Crippen LogP contribution in [-0.4, -0.2) is 37.0 Å². The zero-order valence-electron chi connectivity index (χ0n) is 35.1. The van der Waals surface area contributed by atoms with E-state index in [0.29, 0.717) is 19.6 Å². The van der Waals surface area contributed by atoms with Gasteiger partial charge in [-0.05, 0) is 44.9 Å². The van der Waals surface area contributed by atoms with Crippen molar-refractivity contribution in [3.8, 4) is 0 Å². The van der Waals surface area contributed by atoms with E-state index >= 15 is 0 Å². The number of carbonyl (C=O) groups excluding carboxylic acids is 1. The number of unbranched alkanes of at least 4 members (excludes halogenated alkanes) is 29. The number of allylic oxidation sites excluding steroid dienone is 6. The normalized spacial score (nSPS) is 12.6. The van der Waals surface area contributed by atoms with E-state index in [0.717, 1.165) is 44.9 Å². The Morgan fingerprint density at radius 2 is 0.865 bits per heavy atom. The second-order valence-corrected chi connectivity index (χ2v) is 15.5. The van der Waals surface area contributed by atoms with Gasteiger partial charge < -0.3 is 14.6 Å². The Bertz CT molecular complexity index is 772. The number of rotatable bonds is 43. The highest BCUT2D eigenvalue weighted by molar-refractivity contribution is 5.69. The van der Waals surface area contributed by atoms with Crippen LogP contribution in [0.3, 0.4) is 0 Å². The minimum Gasteiger partial charge on any atom is -0.457 e. The number of hydrogen-bond acceptors (Lipinski definition) is 4. The average Bonchev–Trinajstić information content (AvgIpc) is 3.15. The monoisotopic (exact) mass is 731 g/mol. The van der Waals surface area contributed by atoms with E-state index < -0.39 is 6.10 Å². The summed E-state index contributed by atoms with van der Waals surface area (Å²) in [4.78, 5) is 12.2. The van der Waals surface area contributed by atoms with Crippen LogP contribution in [0.2, 0.25) is 0 Å². The summed E-state index contributed by atoms with van der Waals surface area (Å²) in [5, 5.41) is 9.61. The smallest absolute Gasteiger partial charge is 0.306 e. The van der Waals surface area contributed by atoms with Crippen molar-refractivity contribution < 1.29 is 19.4 Å². The highest BCUT2D eigenvalue weighted by Crippen LogP contribution is 2.16. The molecule has 0 aromatic rings. The number of aliphatic hydroxyl groups excluding tert-OH is 1. The third-order valence-corrected chi connectivity index (χ3v) is 10.2. The van der Waals surface area contributed by atoms with Gasteiger partial charge >= 0.3 is 5.97 Å². The summed E-state index contributed by atoms with van der Waals surface area (Å²) in [7, 11) is 0. The molecule has 0 aliphatic carbocycles. The molecule has 0 rings (SSSR count). The Hall–Kier alpha value is -1.39. The van der Waals surface area contributed by atoms with E-state index in [1.54, 1.807) is 0 Å². The molecule has 0 radical (unpaired) electrons. The predicted molar refractivity (Wildman–Crippen MR) is 228 cm³/mol. The van der Waals surface area contributed by atoms with Crippen LogP contribution in [-0.2, 0) is 14.3 Å². The van der Waals surface area contributed by atoms with E-state index in [2.05, 4.69) is 50.3 Å². The summed E-state index contributed by atoms with van der Waals surface area (Å²) in [6, 6.07) is 0. The van der Waals surface area contributed by atoms with Crippen molar-refractivity contribution in [2.75, 3.05) is 19.8 Å². The molecular weight excluding hydrogens is 641 g/mol. The van der Waals surface area contributed by atoms with Gasteiger partial charge in [-0.1, -0.05) is 224 Å². The van der Waals surface area contributed by atoms with Gasteiger partial charge in [-0.3, -0.25) is 4.79 Å². The van der Waals surface area contributed by atoms with Gasteiger partial charge in [0.25, 0.3) is 0 Å². The predicted octanol–water partition coefficient (Wildman–Crippen LogP) is 15.3. The Kier molecular flexibility index (Phi) is 44.5. The lowest BCUT2D eigenvalue weighted by molar-refractivity contribution is -0.154. The van der Waals surface area contributed by atoms with Crippen molar-refractivity contribution in [2.24, 2.45) is 0 Å². The standard InChI is InChI=1S/C48H90O4/c1-3-5-7-9-11-13-15-17-19-21-22-23-24-25-26-27-28-29-31-33-35-37-39-41-43-48(50)52-47(45-49)46-51-44-42-40-38-36-34-32-30-20-18-16-14-12-10-8-6-4-2/h6,8,12,14,18,20,47,49H,3-5,7,9-11,13,15-17,19,21-46H2,1-2H3/b8-6-,14-12-,20-18-. The molecule has 0 spiro atoms. The third kappa shape index (κ3) is 43.0.